The Morgan fingerprint density at radius 1 is 1.31 bits per heavy atom. The van der Waals surface area contributed by atoms with Crippen LogP contribution in [-0.4, -0.2) is 6.54 Å². The molecule has 0 fully saturated rings. The van der Waals surface area contributed by atoms with Gasteiger partial charge in [-0.2, -0.15) is 0 Å². The van der Waals surface area contributed by atoms with Crippen molar-refractivity contribution < 1.29 is 0 Å². The summed E-state index contributed by atoms with van der Waals surface area (Å²) in [5.74, 6) is 2.09. The van der Waals surface area contributed by atoms with Crippen LogP contribution in [0.2, 0.25) is 0 Å². The highest BCUT2D eigenvalue weighted by molar-refractivity contribution is 5.59. The van der Waals surface area contributed by atoms with Crippen molar-refractivity contribution in [3.05, 3.63) is 29.3 Å². The molecule has 1 aliphatic heterocycles. The summed E-state index contributed by atoms with van der Waals surface area (Å²) in [7, 11) is 0. The van der Waals surface area contributed by atoms with Gasteiger partial charge in [-0.3, -0.25) is 0 Å². The molecule has 0 spiro atoms. The maximum absolute atomic E-state index is 3.55. The van der Waals surface area contributed by atoms with Crippen molar-refractivity contribution in [1.29, 1.82) is 0 Å². The Labute approximate surface area is 99.3 Å². The summed E-state index contributed by atoms with van der Waals surface area (Å²) in [4.78, 5) is 0. The molecule has 1 N–H and O–H groups in total. The van der Waals surface area contributed by atoms with Gasteiger partial charge in [-0.05, 0) is 35.4 Å². The van der Waals surface area contributed by atoms with Gasteiger partial charge in [-0.1, -0.05) is 39.8 Å². The molecule has 0 amide bonds. The lowest BCUT2D eigenvalue weighted by Gasteiger charge is -2.15. The van der Waals surface area contributed by atoms with Crippen molar-refractivity contribution in [3.8, 4) is 0 Å². The van der Waals surface area contributed by atoms with Gasteiger partial charge in [0.05, 0.1) is 0 Å². The average molecular weight is 217 g/mol. The molecule has 0 saturated heterocycles. The molecule has 1 heterocycles. The van der Waals surface area contributed by atoms with E-state index < -0.39 is 0 Å². The summed E-state index contributed by atoms with van der Waals surface area (Å²) in [6.45, 7) is 10.3. The number of anilines is 1. The van der Waals surface area contributed by atoms with Crippen LogP contribution in [0.4, 0.5) is 5.69 Å². The first kappa shape index (κ1) is 11.5. The number of hydrogen-bond acceptors (Lipinski definition) is 1. The van der Waals surface area contributed by atoms with Gasteiger partial charge >= 0.3 is 0 Å². The highest BCUT2D eigenvalue weighted by Gasteiger charge is 2.24. The van der Waals surface area contributed by atoms with Crippen molar-refractivity contribution in [2.75, 3.05) is 11.9 Å². The van der Waals surface area contributed by atoms with Crippen molar-refractivity contribution in [2.45, 2.75) is 46.0 Å². The molecule has 1 heteroatoms. The first-order valence-corrected chi connectivity index (χ1v) is 6.51. The molecule has 1 aliphatic rings. The van der Waals surface area contributed by atoms with E-state index in [1.54, 1.807) is 0 Å². The number of benzene rings is 1. The van der Waals surface area contributed by atoms with E-state index in [2.05, 4.69) is 51.2 Å². The highest BCUT2D eigenvalue weighted by atomic mass is 14.9. The van der Waals surface area contributed by atoms with Crippen molar-refractivity contribution in [3.63, 3.8) is 0 Å². The monoisotopic (exact) mass is 217 g/mol. The van der Waals surface area contributed by atoms with Crippen molar-refractivity contribution in [2.24, 2.45) is 5.92 Å². The van der Waals surface area contributed by atoms with Crippen molar-refractivity contribution in [1.82, 2.24) is 0 Å². The quantitative estimate of drug-likeness (QED) is 0.793. The summed E-state index contributed by atoms with van der Waals surface area (Å²) in [6.07, 6.45) is 1.21. The summed E-state index contributed by atoms with van der Waals surface area (Å²) < 4.78 is 0. The summed E-state index contributed by atoms with van der Waals surface area (Å²) in [6, 6.07) is 7.00. The van der Waals surface area contributed by atoms with Crippen LogP contribution < -0.4 is 5.32 Å². The Kier molecular flexibility index (Phi) is 3.22. The Bertz CT molecular complexity index is 368. The summed E-state index contributed by atoms with van der Waals surface area (Å²) in [5.41, 5.74) is 4.36. The third-order valence-electron chi connectivity index (χ3n) is 3.98. The Morgan fingerprint density at radius 3 is 2.69 bits per heavy atom. The van der Waals surface area contributed by atoms with Gasteiger partial charge in [0.15, 0.2) is 0 Å². The SMILES string of the molecule is CCC(C)c1ccc2c(c1)NCC2C(C)C. The van der Waals surface area contributed by atoms with Crippen LogP contribution in [0.1, 0.15) is 57.1 Å². The molecular formula is C15H23N. The lowest BCUT2D eigenvalue weighted by atomic mass is 9.88. The summed E-state index contributed by atoms with van der Waals surface area (Å²) in [5, 5.41) is 3.55. The summed E-state index contributed by atoms with van der Waals surface area (Å²) >= 11 is 0. The number of rotatable bonds is 3. The van der Waals surface area contributed by atoms with Crippen LogP contribution in [0.25, 0.3) is 0 Å². The highest BCUT2D eigenvalue weighted by Crippen LogP contribution is 2.37. The number of nitrogens with one attached hydrogen (secondary N) is 1. The van der Waals surface area contributed by atoms with Crippen LogP contribution in [0.5, 0.6) is 0 Å². The fraction of sp³-hybridized carbons (Fsp3) is 0.600. The third-order valence-corrected chi connectivity index (χ3v) is 3.98. The van der Waals surface area contributed by atoms with Gasteiger partial charge in [0.25, 0.3) is 0 Å². The molecule has 0 saturated carbocycles. The second kappa shape index (κ2) is 4.48. The molecule has 1 nitrogen and oxygen atoms in total. The minimum atomic E-state index is 0.671. The maximum Gasteiger partial charge on any atom is 0.0379 e. The van der Waals surface area contributed by atoms with Gasteiger partial charge < -0.3 is 5.32 Å². The zero-order chi connectivity index (χ0) is 11.7. The smallest absolute Gasteiger partial charge is 0.0379 e. The lowest BCUT2D eigenvalue weighted by Crippen LogP contribution is -2.08. The number of hydrogen-bond donors (Lipinski definition) is 1. The predicted molar refractivity (Wildman–Crippen MR) is 71.2 cm³/mol. The zero-order valence-corrected chi connectivity index (χ0v) is 10.9. The van der Waals surface area contributed by atoms with E-state index in [0.29, 0.717) is 11.8 Å². The first-order chi connectivity index (χ1) is 7.63. The molecular weight excluding hydrogens is 194 g/mol. The van der Waals surface area contributed by atoms with Gasteiger partial charge in [0.1, 0.15) is 0 Å². The van der Waals surface area contributed by atoms with E-state index in [9.17, 15) is 0 Å². The van der Waals surface area contributed by atoms with Crippen molar-refractivity contribution >= 4 is 5.69 Å². The van der Waals surface area contributed by atoms with E-state index in [1.807, 2.05) is 0 Å². The molecule has 1 aromatic rings. The lowest BCUT2D eigenvalue weighted by molar-refractivity contribution is 0.533. The van der Waals surface area contributed by atoms with Crippen LogP contribution in [0.15, 0.2) is 18.2 Å². The minimum Gasteiger partial charge on any atom is -0.384 e. The topological polar surface area (TPSA) is 12.0 Å². The van der Waals surface area contributed by atoms with Gasteiger partial charge in [-0.25, -0.2) is 0 Å². The zero-order valence-electron chi connectivity index (χ0n) is 10.9. The molecule has 2 atom stereocenters. The molecule has 16 heavy (non-hydrogen) atoms. The third kappa shape index (κ3) is 1.95. The van der Waals surface area contributed by atoms with Crippen LogP contribution in [0, 0.1) is 5.92 Å². The fourth-order valence-corrected chi connectivity index (χ4v) is 2.52. The second-order valence-corrected chi connectivity index (χ2v) is 5.39. The van der Waals surface area contributed by atoms with Gasteiger partial charge in [0.2, 0.25) is 0 Å². The molecule has 0 radical (unpaired) electrons. The van der Waals surface area contributed by atoms with Crippen LogP contribution in [-0.2, 0) is 0 Å². The molecule has 2 rings (SSSR count). The molecule has 0 aliphatic carbocycles. The molecule has 1 aromatic carbocycles. The van der Waals surface area contributed by atoms with E-state index in [-0.39, 0.29) is 0 Å². The normalized spacial score (nSPS) is 20.7. The molecule has 0 aromatic heterocycles. The van der Waals surface area contributed by atoms with E-state index in [4.69, 9.17) is 0 Å². The Balaban J connectivity index is 2.29. The van der Waals surface area contributed by atoms with Gasteiger partial charge in [0, 0.05) is 18.2 Å². The maximum atomic E-state index is 3.55. The van der Waals surface area contributed by atoms with Crippen LogP contribution in [0.3, 0.4) is 0 Å². The molecule has 88 valence electrons. The average Bonchev–Trinajstić information content (AvgIpc) is 2.70. The largest absolute Gasteiger partial charge is 0.384 e. The van der Waals surface area contributed by atoms with Gasteiger partial charge in [-0.15, -0.1) is 0 Å². The minimum absolute atomic E-state index is 0.671. The predicted octanol–water partition coefficient (Wildman–Crippen LogP) is 4.37. The standard InChI is InChI=1S/C15H23N/c1-5-11(4)12-6-7-13-14(10(2)3)9-16-15(13)8-12/h6-8,10-11,14,16H,5,9H2,1-4H3. The first-order valence-electron chi connectivity index (χ1n) is 6.51. The fourth-order valence-electron chi connectivity index (χ4n) is 2.52. The van der Waals surface area contributed by atoms with E-state index in [0.717, 1.165) is 12.5 Å². The van der Waals surface area contributed by atoms with E-state index >= 15 is 0 Å². The Hall–Kier alpha value is -0.980. The van der Waals surface area contributed by atoms with E-state index in [1.165, 1.54) is 23.2 Å². The molecule has 2 unspecified atom stereocenters. The van der Waals surface area contributed by atoms with Crippen LogP contribution >= 0.6 is 0 Å². The Morgan fingerprint density at radius 2 is 2.06 bits per heavy atom. The molecule has 0 bridgehead atoms. The second-order valence-electron chi connectivity index (χ2n) is 5.39. The number of fused-ring (bicyclic) bond motifs is 1.